The zero-order valence-corrected chi connectivity index (χ0v) is 22.3. The molecule has 0 spiro atoms. The van der Waals surface area contributed by atoms with E-state index in [9.17, 15) is 4.79 Å². The van der Waals surface area contributed by atoms with Gasteiger partial charge in [-0.05, 0) is 42.8 Å². The quantitative estimate of drug-likeness (QED) is 0.168. The van der Waals surface area contributed by atoms with Crippen molar-refractivity contribution in [3.8, 4) is 22.9 Å². The Morgan fingerprint density at radius 1 is 1.03 bits per heavy atom. The summed E-state index contributed by atoms with van der Waals surface area (Å²) in [6, 6.07) is 27.2. The molecule has 1 atom stereocenters. The molecule has 0 saturated carbocycles. The molecule has 3 heterocycles. The molecule has 1 aliphatic heterocycles. The van der Waals surface area contributed by atoms with E-state index in [1.165, 1.54) is 11.8 Å². The smallest absolute Gasteiger partial charge is 0.266 e. The Labute approximate surface area is 229 Å². The van der Waals surface area contributed by atoms with Crippen molar-refractivity contribution in [3.63, 3.8) is 0 Å². The van der Waals surface area contributed by atoms with Crippen molar-refractivity contribution in [1.82, 2.24) is 14.7 Å². The molecule has 3 aromatic carbocycles. The van der Waals surface area contributed by atoms with Gasteiger partial charge < -0.3 is 9.15 Å². The summed E-state index contributed by atoms with van der Waals surface area (Å²) < 4.78 is 14.0. The molecular weight excluding hydrogens is 514 g/mol. The summed E-state index contributed by atoms with van der Waals surface area (Å²) in [6.45, 7) is 1.99. The van der Waals surface area contributed by atoms with E-state index in [0.29, 0.717) is 32.0 Å². The van der Waals surface area contributed by atoms with Crippen molar-refractivity contribution >= 4 is 51.3 Å². The van der Waals surface area contributed by atoms with Gasteiger partial charge in [-0.1, -0.05) is 84.6 Å². The largest absolute Gasteiger partial charge is 0.493 e. The van der Waals surface area contributed by atoms with Gasteiger partial charge in [0, 0.05) is 17.1 Å². The molecule has 6 nitrogen and oxygen atoms in total. The van der Waals surface area contributed by atoms with E-state index in [4.69, 9.17) is 26.5 Å². The third kappa shape index (κ3) is 4.31. The van der Waals surface area contributed by atoms with Gasteiger partial charge in [0.1, 0.15) is 10.0 Å². The first kappa shape index (κ1) is 24.2. The molecule has 5 aromatic rings. The summed E-state index contributed by atoms with van der Waals surface area (Å²) in [5.74, 6) is 1.10. The minimum atomic E-state index is -0.177. The lowest BCUT2D eigenvalue weighted by Crippen LogP contribution is -2.30. The highest BCUT2D eigenvalue weighted by molar-refractivity contribution is 8.26. The van der Waals surface area contributed by atoms with Gasteiger partial charge >= 0.3 is 0 Å². The van der Waals surface area contributed by atoms with Crippen LogP contribution in [0.3, 0.4) is 0 Å². The van der Waals surface area contributed by atoms with Crippen molar-refractivity contribution in [1.29, 1.82) is 0 Å². The number of benzene rings is 3. The maximum atomic E-state index is 13.6. The van der Waals surface area contributed by atoms with Gasteiger partial charge in [-0.15, -0.1) is 0 Å². The number of carbonyl (C=O) groups is 1. The number of hydrogen-bond donors (Lipinski definition) is 0. The number of amides is 1. The van der Waals surface area contributed by atoms with Crippen LogP contribution in [-0.4, -0.2) is 32.0 Å². The normalized spacial score (nSPS) is 15.5. The van der Waals surface area contributed by atoms with Crippen LogP contribution in [-0.2, 0) is 4.79 Å². The summed E-state index contributed by atoms with van der Waals surface area (Å²) in [6.07, 6.45) is 3.76. The second kappa shape index (κ2) is 9.96. The predicted octanol–water partition coefficient (Wildman–Crippen LogP) is 7.26. The highest BCUT2D eigenvalue weighted by Crippen LogP contribution is 2.40. The zero-order chi connectivity index (χ0) is 26.2. The van der Waals surface area contributed by atoms with Crippen molar-refractivity contribution < 1.29 is 13.9 Å². The first-order chi connectivity index (χ1) is 18.5. The Kier molecular flexibility index (Phi) is 6.35. The van der Waals surface area contributed by atoms with Gasteiger partial charge in [0.2, 0.25) is 0 Å². The van der Waals surface area contributed by atoms with Gasteiger partial charge in [-0.2, -0.15) is 5.10 Å². The molecule has 6 rings (SSSR count). The second-order valence-electron chi connectivity index (χ2n) is 8.84. The molecule has 8 heteroatoms. The number of para-hydroxylation sites is 2. The molecule has 1 amide bonds. The third-order valence-electron chi connectivity index (χ3n) is 6.50. The first-order valence-electron chi connectivity index (χ1n) is 12.1. The standard InChI is InChI=1S/C30H23N3O3S2/c1-19(20-10-5-3-6-11-20)33-29(34)26(38-30(33)37)17-22-18-32(23-13-7-4-8-14-23)31-27(22)25-16-21-12-9-15-24(35-2)28(21)36-25/h3-19H,1-2H3. The number of ether oxygens (including phenoxy) is 1. The molecule has 1 unspecified atom stereocenters. The van der Waals surface area contributed by atoms with E-state index in [1.807, 2.05) is 104 Å². The van der Waals surface area contributed by atoms with Gasteiger partial charge in [0.25, 0.3) is 5.91 Å². The number of rotatable bonds is 6. The highest BCUT2D eigenvalue weighted by atomic mass is 32.2. The van der Waals surface area contributed by atoms with Crippen molar-refractivity contribution in [2.24, 2.45) is 0 Å². The fourth-order valence-corrected chi connectivity index (χ4v) is 5.96. The number of carbonyl (C=O) groups excluding carboxylic acids is 1. The molecular formula is C30H23N3O3S2. The van der Waals surface area contributed by atoms with Gasteiger partial charge in [-0.3, -0.25) is 9.69 Å². The zero-order valence-electron chi connectivity index (χ0n) is 20.7. The Hall–Kier alpha value is -4.14. The molecule has 2 aromatic heterocycles. The Morgan fingerprint density at radius 2 is 1.76 bits per heavy atom. The molecule has 188 valence electrons. The number of methoxy groups -OCH3 is 1. The van der Waals surface area contributed by atoms with Crippen LogP contribution in [0.25, 0.3) is 34.2 Å². The number of thioether (sulfide) groups is 1. The van der Waals surface area contributed by atoms with E-state index in [2.05, 4.69) is 0 Å². The molecule has 1 fully saturated rings. The Morgan fingerprint density at radius 3 is 2.50 bits per heavy atom. The lowest BCUT2D eigenvalue weighted by atomic mass is 10.1. The number of fused-ring (bicyclic) bond motifs is 1. The first-order valence-corrected chi connectivity index (χ1v) is 13.3. The van der Waals surface area contributed by atoms with Gasteiger partial charge in [-0.25, -0.2) is 4.68 Å². The topological polar surface area (TPSA) is 60.5 Å². The number of aromatic nitrogens is 2. The molecule has 0 radical (unpaired) electrons. The van der Waals surface area contributed by atoms with Crippen LogP contribution in [0.4, 0.5) is 0 Å². The molecule has 0 N–H and O–H groups in total. The lowest BCUT2D eigenvalue weighted by molar-refractivity contribution is -0.123. The maximum Gasteiger partial charge on any atom is 0.266 e. The van der Waals surface area contributed by atoms with E-state index in [0.717, 1.165) is 22.2 Å². The maximum absolute atomic E-state index is 13.6. The van der Waals surface area contributed by atoms with Crippen molar-refractivity contribution in [2.45, 2.75) is 13.0 Å². The number of nitrogens with zero attached hydrogens (tertiary/aromatic N) is 3. The third-order valence-corrected chi connectivity index (χ3v) is 7.83. The highest BCUT2D eigenvalue weighted by Gasteiger charge is 2.36. The molecule has 38 heavy (non-hydrogen) atoms. The van der Waals surface area contributed by atoms with Crippen LogP contribution in [0.15, 0.2) is 100 Å². The predicted molar refractivity (Wildman–Crippen MR) is 155 cm³/mol. The van der Waals surface area contributed by atoms with E-state index < -0.39 is 0 Å². The van der Waals surface area contributed by atoms with Gasteiger partial charge in [0.05, 0.1) is 23.7 Å². The fraction of sp³-hybridized carbons (Fsp3) is 0.100. The van der Waals surface area contributed by atoms with Crippen LogP contribution < -0.4 is 4.74 Å². The fourth-order valence-electron chi connectivity index (χ4n) is 4.55. The minimum absolute atomic E-state index is 0.124. The second-order valence-corrected chi connectivity index (χ2v) is 10.5. The van der Waals surface area contributed by atoms with Crippen molar-refractivity contribution in [2.75, 3.05) is 7.11 Å². The minimum Gasteiger partial charge on any atom is -0.493 e. The van der Waals surface area contributed by atoms with E-state index >= 15 is 0 Å². The van der Waals surface area contributed by atoms with Crippen LogP contribution in [0, 0.1) is 0 Å². The molecule has 1 aliphatic rings. The van der Waals surface area contributed by atoms with Crippen molar-refractivity contribution in [3.05, 3.63) is 107 Å². The van der Waals surface area contributed by atoms with Crippen LogP contribution in [0.2, 0.25) is 0 Å². The summed E-state index contributed by atoms with van der Waals surface area (Å²) >= 11 is 6.94. The van der Waals surface area contributed by atoms with Crippen LogP contribution in [0.1, 0.15) is 24.1 Å². The average molecular weight is 538 g/mol. The Balaban J connectivity index is 1.44. The Bertz CT molecular complexity index is 1690. The summed E-state index contributed by atoms with van der Waals surface area (Å²) in [5, 5.41) is 5.76. The lowest BCUT2D eigenvalue weighted by Gasteiger charge is -2.23. The molecule has 1 saturated heterocycles. The SMILES string of the molecule is COc1cccc2cc(-c3nn(-c4ccccc4)cc3C=C3SC(=S)N(C(C)c4ccccc4)C3=O)oc12. The van der Waals surface area contributed by atoms with Crippen LogP contribution in [0.5, 0.6) is 5.75 Å². The van der Waals surface area contributed by atoms with Crippen LogP contribution >= 0.6 is 24.0 Å². The molecule has 0 aliphatic carbocycles. The van der Waals surface area contributed by atoms with Gasteiger partial charge in [0.15, 0.2) is 17.1 Å². The summed E-state index contributed by atoms with van der Waals surface area (Å²) in [7, 11) is 1.62. The number of furan rings is 1. The molecule has 0 bridgehead atoms. The van der Waals surface area contributed by atoms with E-state index in [-0.39, 0.29) is 11.9 Å². The summed E-state index contributed by atoms with van der Waals surface area (Å²) in [5.41, 5.74) is 3.94. The number of thiocarbonyl (C=S) groups is 1. The average Bonchev–Trinajstić information content (AvgIpc) is 3.64. The van der Waals surface area contributed by atoms with E-state index in [1.54, 1.807) is 16.7 Å². The number of hydrogen-bond acceptors (Lipinski definition) is 6. The summed E-state index contributed by atoms with van der Waals surface area (Å²) in [4.78, 5) is 15.8. The monoisotopic (exact) mass is 537 g/mol.